The zero-order chi connectivity index (χ0) is 27.7. The molecule has 0 unspecified atom stereocenters. The Balaban J connectivity index is 1.60. The third kappa shape index (κ3) is 5.12. The van der Waals surface area contributed by atoms with Gasteiger partial charge >= 0.3 is 0 Å². The van der Waals surface area contributed by atoms with Crippen molar-refractivity contribution in [3.05, 3.63) is 70.6 Å². The van der Waals surface area contributed by atoms with Gasteiger partial charge in [-0.1, -0.05) is 18.9 Å². The lowest BCUT2D eigenvalue weighted by Crippen LogP contribution is -2.50. The first-order valence-corrected chi connectivity index (χ1v) is 13.9. The molecule has 8 nitrogen and oxygen atoms in total. The second kappa shape index (κ2) is 11.0. The zero-order valence-corrected chi connectivity index (χ0v) is 23.6. The molecule has 2 aromatic heterocycles. The monoisotopic (exact) mass is 534 g/mol. The number of hydrogen-bond donors (Lipinski definition) is 1. The summed E-state index contributed by atoms with van der Waals surface area (Å²) in [5.74, 6) is 0.462. The Morgan fingerprint density at radius 2 is 1.97 bits per heavy atom. The third-order valence-corrected chi connectivity index (χ3v) is 8.15. The van der Waals surface area contributed by atoms with Crippen molar-refractivity contribution < 1.29 is 13.9 Å². The van der Waals surface area contributed by atoms with E-state index in [1.165, 1.54) is 17.3 Å². The highest BCUT2D eigenvalue weighted by molar-refractivity contribution is 5.98. The van der Waals surface area contributed by atoms with Gasteiger partial charge in [-0.15, -0.1) is 0 Å². The lowest BCUT2D eigenvalue weighted by Gasteiger charge is -2.45. The molecule has 1 aromatic carbocycles. The molecule has 1 spiro atoms. The van der Waals surface area contributed by atoms with Gasteiger partial charge in [-0.25, -0.2) is 9.37 Å². The summed E-state index contributed by atoms with van der Waals surface area (Å²) in [7, 11) is 6.01. The number of amides is 1. The predicted octanol–water partition coefficient (Wildman–Crippen LogP) is 5.00. The summed E-state index contributed by atoms with van der Waals surface area (Å²) in [6, 6.07) is 5.67. The van der Waals surface area contributed by atoms with Crippen LogP contribution in [-0.2, 0) is 18.5 Å². The quantitative estimate of drug-likeness (QED) is 0.417. The third-order valence-electron chi connectivity index (χ3n) is 8.15. The molecule has 0 bridgehead atoms. The van der Waals surface area contributed by atoms with Crippen molar-refractivity contribution in [1.29, 1.82) is 0 Å². The molecule has 2 aliphatic rings. The molecule has 3 heterocycles. The van der Waals surface area contributed by atoms with Crippen LogP contribution in [0.15, 0.2) is 36.8 Å². The van der Waals surface area contributed by atoms with E-state index < -0.39 is 5.82 Å². The van der Waals surface area contributed by atoms with E-state index in [9.17, 15) is 9.18 Å². The topological polar surface area (TPSA) is 75.5 Å². The number of nitrogens with one attached hydrogen (secondary N) is 1. The Morgan fingerprint density at radius 3 is 2.67 bits per heavy atom. The van der Waals surface area contributed by atoms with Crippen molar-refractivity contribution in [1.82, 2.24) is 24.3 Å². The number of hydrogen-bond acceptors (Lipinski definition) is 6. The number of benzene rings is 1. The molecule has 0 saturated heterocycles. The molecular formula is C30H39FN6O2. The second-order valence-electron chi connectivity index (χ2n) is 11.1. The number of anilines is 1. The summed E-state index contributed by atoms with van der Waals surface area (Å²) in [5.41, 5.74) is 4.81. The summed E-state index contributed by atoms with van der Waals surface area (Å²) in [5, 5.41) is 3.14. The number of fused-ring (bicyclic) bond motifs is 2. The summed E-state index contributed by atoms with van der Waals surface area (Å²) in [6.07, 6.45) is 9.29. The predicted molar refractivity (Wildman–Crippen MR) is 150 cm³/mol. The van der Waals surface area contributed by atoms with Crippen LogP contribution in [0.25, 0.3) is 0 Å². The van der Waals surface area contributed by atoms with Crippen LogP contribution in [0.2, 0.25) is 0 Å². The number of aromatic nitrogens is 3. The van der Waals surface area contributed by atoms with Crippen molar-refractivity contribution in [2.45, 2.75) is 64.1 Å². The fourth-order valence-electron chi connectivity index (χ4n) is 6.48. The number of rotatable bonds is 9. The van der Waals surface area contributed by atoms with Crippen LogP contribution in [0, 0.1) is 5.82 Å². The molecule has 39 heavy (non-hydrogen) atoms. The van der Waals surface area contributed by atoms with E-state index in [0.29, 0.717) is 25.4 Å². The number of carbonyl (C=O) groups is 1. The van der Waals surface area contributed by atoms with Gasteiger partial charge in [0, 0.05) is 49.6 Å². The number of halogens is 1. The molecule has 5 rings (SSSR count). The van der Waals surface area contributed by atoms with Crippen LogP contribution in [0.1, 0.15) is 78.3 Å². The van der Waals surface area contributed by atoms with Gasteiger partial charge in [-0.2, -0.15) is 0 Å². The van der Waals surface area contributed by atoms with E-state index in [4.69, 9.17) is 4.74 Å². The minimum Gasteiger partial charge on any atom is -0.491 e. The van der Waals surface area contributed by atoms with Gasteiger partial charge in [0.05, 0.1) is 31.1 Å². The van der Waals surface area contributed by atoms with Crippen molar-refractivity contribution in [2.24, 2.45) is 0 Å². The molecule has 9 heteroatoms. The number of carbonyl (C=O) groups excluding carboxylic acids is 1. The van der Waals surface area contributed by atoms with Gasteiger partial charge in [0.2, 0.25) is 5.95 Å². The molecule has 0 radical (unpaired) electrons. The molecule has 1 amide bonds. The van der Waals surface area contributed by atoms with E-state index in [1.807, 2.05) is 32.0 Å². The average Bonchev–Trinajstić information content (AvgIpc) is 3.56. The fourth-order valence-corrected chi connectivity index (χ4v) is 6.48. The van der Waals surface area contributed by atoms with Crippen LogP contribution in [0.5, 0.6) is 5.75 Å². The Hall–Kier alpha value is -3.46. The highest BCUT2D eigenvalue weighted by Gasteiger charge is 2.47. The first kappa shape index (κ1) is 27.1. The van der Waals surface area contributed by atoms with Crippen molar-refractivity contribution in [2.75, 3.05) is 39.6 Å². The molecule has 1 N–H and O–H groups in total. The molecule has 1 aliphatic heterocycles. The fraction of sp³-hybridized carbons (Fsp3) is 0.500. The van der Waals surface area contributed by atoms with E-state index in [1.54, 1.807) is 12.3 Å². The standard InChI is InChI=1S/C30H39FN6O2/c1-6-39-26-15-25(34-16-24(26)31)20(2)37-19-30(9-7-8-10-30)27-22(18-35(4)5)13-21(14-23(27)28(37)38)17-36-12-11-33-29(36)32-3/h11-16,20H,6-10,17-19H2,1-5H3,(H,32,33)/t20-/m0/s1. The Morgan fingerprint density at radius 1 is 1.21 bits per heavy atom. The highest BCUT2D eigenvalue weighted by atomic mass is 19.1. The molecule has 1 aliphatic carbocycles. The molecule has 208 valence electrons. The SMILES string of the molecule is CCOc1cc([C@H](C)N2CC3(CCCC3)c3c(CN(C)C)cc(Cn4ccnc4NC)cc3C2=O)ncc1F. The summed E-state index contributed by atoms with van der Waals surface area (Å²) in [6.45, 7) is 6.17. The van der Waals surface area contributed by atoms with Crippen LogP contribution in [0.3, 0.4) is 0 Å². The van der Waals surface area contributed by atoms with E-state index >= 15 is 0 Å². The molecule has 1 fully saturated rings. The molecule has 1 atom stereocenters. The average molecular weight is 535 g/mol. The second-order valence-corrected chi connectivity index (χ2v) is 11.1. The highest BCUT2D eigenvalue weighted by Crippen LogP contribution is 2.49. The van der Waals surface area contributed by atoms with Crippen molar-refractivity contribution in [3.63, 3.8) is 0 Å². The van der Waals surface area contributed by atoms with E-state index in [2.05, 4.69) is 51.0 Å². The summed E-state index contributed by atoms with van der Waals surface area (Å²) >= 11 is 0. The first-order chi connectivity index (χ1) is 18.8. The van der Waals surface area contributed by atoms with Crippen LogP contribution in [0.4, 0.5) is 10.3 Å². The van der Waals surface area contributed by atoms with Gasteiger partial charge in [0.15, 0.2) is 11.6 Å². The number of imidazole rings is 1. The first-order valence-electron chi connectivity index (χ1n) is 13.9. The van der Waals surface area contributed by atoms with Crippen LogP contribution in [-0.4, -0.2) is 64.5 Å². The van der Waals surface area contributed by atoms with Gasteiger partial charge in [-0.05, 0) is 63.5 Å². The van der Waals surface area contributed by atoms with Crippen molar-refractivity contribution >= 4 is 11.9 Å². The zero-order valence-electron chi connectivity index (χ0n) is 23.6. The number of nitrogens with zero attached hydrogens (tertiary/aromatic N) is 5. The normalized spacial score (nSPS) is 17.1. The molecule has 3 aromatic rings. The maximum atomic E-state index is 14.3. The minimum absolute atomic E-state index is 0.000405. The number of ether oxygens (including phenoxy) is 1. The van der Waals surface area contributed by atoms with E-state index in [0.717, 1.165) is 49.3 Å². The Bertz CT molecular complexity index is 1350. The molecule has 1 saturated carbocycles. The lowest BCUT2D eigenvalue weighted by molar-refractivity contribution is 0.0582. The largest absolute Gasteiger partial charge is 0.491 e. The summed E-state index contributed by atoms with van der Waals surface area (Å²) < 4.78 is 21.8. The smallest absolute Gasteiger partial charge is 0.254 e. The number of pyridine rings is 1. The van der Waals surface area contributed by atoms with Crippen LogP contribution < -0.4 is 10.1 Å². The Labute approximate surface area is 230 Å². The minimum atomic E-state index is -0.492. The van der Waals surface area contributed by atoms with Crippen molar-refractivity contribution in [3.8, 4) is 5.75 Å². The van der Waals surface area contributed by atoms with Gasteiger partial charge < -0.3 is 24.4 Å². The van der Waals surface area contributed by atoms with E-state index in [-0.39, 0.29) is 23.1 Å². The Kier molecular flexibility index (Phi) is 7.62. The van der Waals surface area contributed by atoms with Gasteiger partial charge in [0.1, 0.15) is 0 Å². The maximum absolute atomic E-state index is 14.3. The summed E-state index contributed by atoms with van der Waals surface area (Å²) in [4.78, 5) is 27.2. The van der Waals surface area contributed by atoms with Crippen LogP contribution >= 0.6 is 0 Å². The lowest BCUT2D eigenvalue weighted by atomic mass is 9.70. The van der Waals surface area contributed by atoms with Gasteiger partial charge in [0.25, 0.3) is 5.91 Å². The molecular weight excluding hydrogens is 495 g/mol. The van der Waals surface area contributed by atoms with Gasteiger partial charge in [-0.3, -0.25) is 9.78 Å². The maximum Gasteiger partial charge on any atom is 0.254 e.